The first-order valence-electron chi connectivity index (χ1n) is 24.2. The van der Waals surface area contributed by atoms with Crippen LogP contribution in [0.1, 0.15) is 213 Å². The fraction of sp³-hybridized carbons (Fsp3) is 0.935. The summed E-state index contributed by atoms with van der Waals surface area (Å²) in [6.07, 6.45) is 24.7. The average molecular weight is 880 g/mol. The second kappa shape index (κ2) is 36.4. The van der Waals surface area contributed by atoms with Gasteiger partial charge >= 0.3 is 7.82 Å². The Kier molecular flexibility index (Phi) is 34.6. The fourth-order valence-corrected chi connectivity index (χ4v) is 8.86. The van der Waals surface area contributed by atoms with E-state index in [0.717, 1.165) is 44.9 Å². The summed E-state index contributed by atoms with van der Waals surface area (Å²) in [5.41, 5.74) is 0. The van der Waals surface area contributed by atoms with E-state index < -0.39 is 75.2 Å². The van der Waals surface area contributed by atoms with Gasteiger partial charge in [0.2, 0.25) is 5.91 Å². The van der Waals surface area contributed by atoms with Gasteiger partial charge in [0.05, 0.1) is 31.3 Å². The number of carbonyl (C=O) groups is 1. The number of hydrogen-bond donors (Lipinski definition) is 9. The maximum Gasteiger partial charge on any atom is 0.472 e. The highest BCUT2D eigenvalue weighted by Crippen LogP contribution is 2.47. The van der Waals surface area contributed by atoms with Crippen LogP contribution in [0.2, 0.25) is 0 Å². The van der Waals surface area contributed by atoms with Gasteiger partial charge in [0, 0.05) is 0 Å². The first-order valence-corrected chi connectivity index (χ1v) is 25.7. The van der Waals surface area contributed by atoms with Crippen molar-refractivity contribution < 1.29 is 59.0 Å². The van der Waals surface area contributed by atoms with Crippen molar-refractivity contribution in [1.82, 2.24) is 5.32 Å². The van der Waals surface area contributed by atoms with E-state index in [-0.39, 0.29) is 6.42 Å². The number of unbranched alkanes of at least 4 members (excludes halogenated alkanes) is 27. The molecule has 1 aliphatic carbocycles. The molecule has 0 aromatic carbocycles. The summed E-state index contributed by atoms with van der Waals surface area (Å²) in [5.74, 6) is -0.592. The molecule has 0 spiro atoms. The average Bonchev–Trinajstić information content (AvgIpc) is 3.22. The van der Waals surface area contributed by atoms with Gasteiger partial charge in [-0.25, -0.2) is 4.57 Å². The number of hydrogen-bond acceptors (Lipinski definition) is 11. The molecule has 1 amide bonds. The van der Waals surface area contributed by atoms with Crippen molar-refractivity contribution in [3.05, 3.63) is 12.2 Å². The van der Waals surface area contributed by atoms with Gasteiger partial charge in [0.1, 0.15) is 36.6 Å². The lowest BCUT2D eigenvalue weighted by atomic mass is 9.85. The number of aliphatic hydroxyl groups excluding tert-OH is 7. The number of phosphoric ester groups is 1. The van der Waals surface area contributed by atoms with E-state index in [1.807, 2.05) is 0 Å². The highest BCUT2D eigenvalue weighted by Gasteiger charge is 2.51. The largest absolute Gasteiger partial charge is 0.472 e. The van der Waals surface area contributed by atoms with Crippen molar-refractivity contribution >= 4 is 13.7 Å². The van der Waals surface area contributed by atoms with Crippen LogP contribution in [0.25, 0.3) is 0 Å². The van der Waals surface area contributed by atoms with E-state index in [1.165, 1.54) is 141 Å². The third-order valence-electron chi connectivity index (χ3n) is 11.9. The summed E-state index contributed by atoms with van der Waals surface area (Å²) in [5, 5.41) is 74.3. The Bertz CT molecular complexity index is 1090. The minimum Gasteiger partial charge on any atom is -0.393 e. The van der Waals surface area contributed by atoms with Crippen molar-refractivity contribution in [1.29, 1.82) is 0 Å². The van der Waals surface area contributed by atoms with Crippen molar-refractivity contribution in [2.45, 2.75) is 268 Å². The van der Waals surface area contributed by atoms with Crippen LogP contribution in [0.15, 0.2) is 12.2 Å². The van der Waals surface area contributed by atoms with Gasteiger partial charge in [-0.3, -0.25) is 13.8 Å². The van der Waals surface area contributed by atoms with Crippen molar-refractivity contribution in [2.75, 3.05) is 6.61 Å². The Hall–Kier alpha value is -0.960. The lowest BCUT2D eigenvalue weighted by Crippen LogP contribution is -2.64. The topological polar surface area (TPSA) is 226 Å². The molecule has 0 aromatic heterocycles. The van der Waals surface area contributed by atoms with Crippen LogP contribution in [-0.2, 0) is 18.4 Å². The Morgan fingerprint density at radius 2 is 0.950 bits per heavy atom. The molecule has 9 N–H and O–H groups in total. The predicted molar refractivity (Wildman–Crippen MR) is 238 cm³/mol. The molecule has 0 radical (unpaired) electrons. The van der Waals surface area contributed by atoms with Crippen LogP contribution in [0.4, 0.5) is 0 Å². The number of aliphatic hydroxyl groups is 7. The summed E-state index contributed by atoms with van der Waals surface area (Å²) < 4.78 is 22.8. The van der Waals surface area contributed by atoms with Crippen LogP contribution < -0.4 is 5.32 Å². The molecule has 0 heterocycles. The molecule has 0 bridgehead atoms. The first kappa shape index (κ1) is 57.1. The van der Waals surface area contributed by atoms with Crippen LogP contribution in [0.5, 0.6) is 0 Å². The smallest absolute Gasteiger partial charge is 0.393 e. The first-order chi connectivity index (χ1) is 28.8. The zero-order valence-electron chi connectivity index (χ0n) is 37.6. The molecule has 1 saturated carbocycles. The lowest BCUT2D eigenvalue weighted by Gasteiger charge is -2.41. The van der Waals surface area contributed by atoms with E-state index in [0.29, 0.717) is 12.8 Å². The molecule has 1 rings (SSSR count). The van der Waals surface area contributed by atoms with Crippen LogP contribution >= 0.6 is 7.82 Å². The van der Waals surface area contributed by atoms with E-state index in [1.54, 1.807) is 6.08 Å². The highest BCUT2D eigenvalue weighted by atomic mass is 31.2. The maximum absolute atomic E-state index is 13.0. The standard InChI is InChI=1S/C46H90NO12P/c1-3-5-7-9-11-13-14-15-16-17-18-19-20-21-22-23-24-26-27-29-31-33-37(48)35-40(50)47-38(39(49)34-32-30-28-25-12-10-8-6-4-2)36-58-60(56,57)59-46-44(54)42(52)41(51)43(53)45(46)55/h32,34,37-39,41-46,48-49,51-55H,3-31,33,35-36H2,1-2H3,(H,47,50)(H,56,57)/b34-32+. The van der Waals surface area contributed by atoms with E-state index >= 15 is 0 Å². The van der Waals surface area contributed by atoms with E-state index in [4.69, 9.17) is 9.05 Å². The summed E-state index contributed by atoms with van der Waals surface area (Å²) in [6.45, 7) is 3.71. The SMILES string of the molecule is CCCCCCCCC/C=C/C(O)C(COP(=O)(O)OC1C(O)C(O)C(O)C(O)C1O)NC(=O)CC(O)CCCCCCCCCCCCCCCCCCCCCCC. The third kappa shape index (κ3) is 28.0. The summed E-state index contributed by atoms with van der Waals surface area (Å²) in [6, 6.07) is -1.23. The Balaban J connectivity index is 2.39. The van der Waals surface area contributed by atoms with Crippen LogP contribution in [0.3, 0.4) is 0 Å². The second-order valence-electron chi connectivity index (χ2n) is 17.5. The normalized spacial score (nSPS) is 23.4. The van der Waals surface area contributed by atoms with Gasteiger partial charge in [-0.15, -0.1) is 0 Å². The molecular formula is C46H90NO12P. The molecule has 8 atom stereocenters. The minimum absolute atomic E-state index is 0.240. The molecule has 356 valence electrons. The Morgan fingerprint density at radius 1 is 0.583 bits per heavy atom. The summed E-state index contributed by atoms with van der Waals surface area (Å²) in [7, 11) is -5.13. The molecule has 1 fully saturated rings. The number of carbonyl (C=O) groups excluding carboxylic acids is 1. The Morgan fingerprint density at radius 3 is 1.37 bits per heavy atom. The van der Waals surface area contributed by atoms with E-state index in [9.17, 15) is 50.0 Å². The zero-order valence-corrected chi connectivity index (χ0v) is 38.5. The fourth-order valence-electron chi connectivity index (χ4n) is 7.89. The summed E-state index contributed by atoms with van der Waals surface area (Å²) in [4.78, 5) is 23.4. The third-order valence-corrected chi connectivity index (χ3v) is 12.9. The molecule has 8 unspecified atom stereocenters. The molecule has 60 heavy (non-hydrogen) atoms. The van der Waals surface area contributed by atoms with Gasteiger partial charge in [-0.1, -0.05) is 199 Å². The van der Waals surface area contributed by atoms with Gasteiger partial charge in [0.15, 0.2) is 0 Å². The number of rotatable bonds is 40. The second-order valence-corrected chi connectivity index (χ2v) is 18.9. The molecule has 0 aliphatic heterocycles. The molecule has 14 heteroatoms. The molecule has 0 aromatic rings. The number of amides is 1. The lowest BCUT2D eigenvalue weighted by molar-refractivity contribution is -0.220. The molecule has 0 saturated heterocycles. The van der Waals surface area contributed by atoms with Gasteiger partial charge in [-0.2, -0.15) is 0 Å². The molecule has 1 aliphatic rings. The number of allylic oxidation sites excluding steroid dienone is 1. The van der Waals surface area contributed by atoms with Crippen molar-refractivity contribution in [3.63, 3.8) is 0 Å². The Labute approximate surface area is 363 Å². The molecular weight excluding hydrogens is 789 g/mol. The monoisotopic (exact) mass is 880 g/mol. The van der Waals surface area contributed by atoms with E-state index in [2.05, 4.69) is 19.2 Å². The minimum atomic E-state index is -5.13. The molecule has 13 nitrogen and oxygen atoms in total. The van der Waals surface area contributed by atoms with Crippen molar-refractivity contribution in [3.8, 4) is 0 Å². The van der Waals surface area contributed by atoms with Crippen molar-refractivity contribution in [2.24, 2.45) is 0 Å². The quantitative estimate of drug-likeness (QED) is 0.0161. The highest BCUT2D eigenvalue weighted by molar-refractivity contribution is 7.47. The predicted octanol–water partition coefficient (Wildman–Crippen LogP) is 8.20. The number of phosphoric acid groups is 1. The van der Waals surface area contributed by atoms with Crippen LogP contribution in [-0.4, -0.2) is 108 Å². The maximum atomic E-state index is 13.0. The number of nitrogens with one attached hydrogen (secondary N) is 1. The van der Waals surface area contributed by atoms with Crippen LogP contribution in [0, 0.1) is 0 Å². The summed E-state index contributed by atoms with van der Waals surface area (Å²) >= 11 is 0. The van der Waals surface area contributed by atoms with Gasteiger partial charge in [0.25, 0.3) is 0 Å². The zero-order chi connectivity index (χ0) is 44.4. The van der Waals surface area contributed by atoms with Gasteiger partial charge < -0.3 is 46.0 Å². The van der Waals surface area contributed by atoms with Gasteiger partial charge in [-0.05, 0) is 19.3 Å².